The zero-order chi connectivity index (χ0) is 14.0. The Balaban J connectivity index is 2.33. The maximum atomic E-state index is 5.66. The molecule has 0 aliphatic heterocycles. The molecule has 1 aromatic carbocycles. The molecule has 3 heteroatoms. The molecule has 0 saturated carbocycles. The Bertz CT molecular complexity index is 546. The lowest BCUT2D eigenvalue weighted by Gasteiger charge is -2.09. The van der Waals surface area contributed by atoms with Crippen molar-refractivity contribution in [2.75, 3.05) is 6.54 Å². The summed E-state index contributed by atoms with van der Waals surface area (Å²) in [7, 11) is 0. The first-order valence-corrected chi connectivity index (χ1v) is 6.83. The number of aromatic amines is 1. The highest BCUT2D eigenvalue weighted by molar-refractivity contribution is 5.67. The van der Waals surface area contributed by atoms with Crippen molar-refractivity contribution >= 4 is 0 Å². The fourth-order valence-electron chi connectivity index (χ4n) is 2.61. The van der Waals surface area contributed by atoms with Gasteiger partial charge < -0.3 is 10.7 Å². The van der Waals surface area contributed by atoms with E-state index >= 15 is 0 Å². The lowest BCUT2D eigenvalue weighted by Crippen LogP contribution is -2.13. The predicted octanol–water partition coefficient (Wildman–Crippen LogP) is 3.14. The quantitative estimate of drug-likeness (QED) is 0.884. The Morgan fingerprint density at radius 2 is 1.84 bits per heavy atom. The van der Waals surface area contributed by atoms with Crippen LogP contribution < -0.4 is 5.73 Å². The number of hydrogen-bond acceptors (Lipinski definition) is 2. The molecule has 1 unspecified atom stereocenters. The predicted molar refractivity (Wildman–Crippen MR) is 80.2 cm³/mol. The first kappa shape index (κ1) is 13.8. The molecule has 0 aliphatic carbocycles. The van der Waals surface area contributed by atoms with Gasteiger partial charge in [0.25, 0.3) is 0 Å². The largest absolute Gasteiger partial charge is 0.342 e. The van der Waals surface area contributed by atoms with Gasteiger partial charge in [0.2, 0.25) is 0 Å². The van der Waals surface area contributed by atoms with Gasteiger partial charge in [-0.2, -0.15) is 0 Å². The van der Waals surface area contributed by atoms with Gasteiger partial charge in [-0.3, -0.25) is 0 Å². The second-order valence-corrected chi connectivity index (χ2v) is 5.56. The first-order valence-electron chi connectivity index (χ1n) is 6.83. The number of aryl methyl sites for hydroxylation is 3. The van der Waals surface area contributed by atoms with E-state index in [-0.39, 0.29) is 0 Å². The van der Waals surface area contributed by atoms with E-state index in [9.17, 15) is 0 Å². The molecule has 0 aliphatic rings. The van der Waals surface area contributed by atoms with Crippen molar-refractivity contribution in [2.45, 2.75) is 34.1 Å². The second-order valence-electron chi connectivity index (χ2n) is 5.56. The van der Waals surface area contributed by atoms with Crippen LogP contribution in [0, 0.1) is 26.7 Å². The number of nitrogens with zero attached hydrogens (tertiary/aromatic N) is 1. The van der Waals surface area contributed by atoms with E-state index in [0.29, 0.717) is 12.5 Å². The van der Waals surface area contributed by atoms with E-state index in [1.807, 2.05) is 6.20 Å². The van der Waals surface area contributed by atoms with Crippen LogP contribution in [0.1, 0.15) is 29.4 Å². The van der Waals surface area contributed by atoms with Gasteiger partial charge in [0.15, 0.2) is 0 Å². The maximum Gasteiger partial charge on any atom is 0.106 e. The van der Waals surface area contributed by atoms with E-state index in [0.717, 1.165) is 17.9 Å². The average molecular weight is 257 g/mol. The highest BCUT2D eigenvalue weighted by Gasteiger charge is 2.11. The molecule has 0 radical (unpaired) electrons. The fraction of sp³-hybridized carbons (Fsp3) is 0.438. The van der Waals surface area contributed by atoms with Crippen molar-refractivity contribution in [3.05, 3.63) is 40.8 Å². The van der Waals surface area contributed by atoms with Gasteiger partial charge in [-0.05, 0) is 44.4 Å². The molecule has 3 N–H and O–H groups in total. The highest BCUT2D eigenvalue weighted by Crippen LogP contribution is 2.27. The van der Waals surface area contributed by atoms with E-state index in [1.54, 1.807) is 0 Å². The standard InChI is InChI=1S/C16H23N3/c1-10-5-12(3)16(13(4)6-10)14-9-18-15(19-14)7-11(2)8-17/h5-6,9,11H,7-8,17H2,1-4H3,(H,18,19). The van der Waals surface area contributed by atoms with Crippen LogP contribution in [0.4, 0.5) is 0 Å². The van der Waals surface area contributed by atoms with Crippen molar-refractivity contribution in [2.24, 2.45) is 11.7 Å². The molecular weight excluding hydrogens is 234 g/mol. The SMILES string of the molecule is Cc1cc(C)c(-c2cnc(CC(C)CN)[nH]2)c(C)c1. The third kappa shape index (κ3) is 3.04. The number of rotatable bonds is 4. The van der Waals surface area contributed by atoms with E-state index in [1.165, 1.54) is 22.3 Å². The van der Waals surface area contributed by atoms with Gasteiger partial charge in [-0.1, -0.05) is 24.6 Å². The molecule has 0 bridgehead atoms. The number of nitrogens with one attached hydrogen (secondary N) is 1. The van der Waals surface area contributed by atoms with Crippen molar-refractivity contribution in [3.8, 4) is 11.3 Å². The minimum atomic E-state index is 0.458. The summed E-state index contributed by atoms with van der Waals surface area (Å²) < 4.78 is 0. The summed E-state index contributed by atoms with van der Waals surface area (Å²) in [6.45, 7) is 9.27. The molecule has 1 heterocycles. The summed E-state index contributed by atoms with van der Waals surface area (Å²) in [5, 5.41) is 0. The number of H-pyrrole nitrogens is 1. The molecule has 1 atom stereocenters. The molecule has 2 aromatic rings. The van der Waals surface area contributed by atoms with Crippen LogP contribution >= 0.6 is 0 Å². The first-order chi connectivity index (χ1) is 9.01. The summed E-state index contributed by atoms with van der Waals surface area (Å²) in [6.07, 6.45) is 2.84. The minimum absolute atomic E-state index is 0.458. The zero-order valence-corrected chi connectivity index (χ0v) is 12.2. The molecule has 0 spiro atoms. The molecule has 19 heavy (non-hydrogen) atoms. The van der Waals surface area contributed by atoms with Crippen molar-refractivity contribution < 1.29 is 0 Å². The summed E-state index contributed by atoms with van der Waals surface area (Å²) in [6, 6.07) is 4.43. The summed E-state index contributed by atoms with van der Waals surface area (Å²) in [5.41, 5.74) is 11.9. The Hall–Kier alpha value is -1.61. The molecule has 1 aromatic heterocycles. The molecule has 0 fully saturated rings. The molecule has 2 rings (SSSR count). The Morgan fingerprint density at radius 1 is 1.21 bits per heavy atom. The van der Waals surface area contributed by atoms with Crippen molar-refractivity contribution in [1.29, 1.82) is 0 Å². The van der Waals surface area contributed by atoms with Gasteiger partial charge in [-0.25, -0.2) is 4.98 Å². The topological polar surface area (TPSA) is 54.7 Å². The van der Waals surface area contributed by atoms with E-state index in [2.05, 4.69) is 49.8 Å². The minimum Gasteiger partial charge on any atom is -0.342 e. The van der Waals surface area contributed by atoms with Crippen LogP contribution in [0.3, 0.4) is 0 Å². The number of nitrogens with two attached hydrogens (primary N) is 1. The van der Waals surface area contributed by atoms with Gasteiger partial charge in [0, 0.05) is 12.0 Å². The smallest absolute Gasteiger partial charge is 0.106 e. The molecule has 3 nitrogen and oxygen atoms in total. The van der Waals surface area contributed by atoms with Gasteiger partial charge in [0.05, 0.1) is 11.9 Å². The van der Waals surface area contributed by atoms with E-state index < -0.39 is 0 Å². The van der Waals surface area contributed by atoms with E-state index in [4.69, 9.17) is 5.73 Å². The van der Waals surface area contributed by atoms with Crippen molar-refractivity contribution in [1.82, 2.24) is 9.97 Å². The summed E-state index contributed by atoms with van der Waals surface area (Å²) >= 11 is 0. The number of imidazole rings is 1. The Morgan fingerprint density at radius 3 is 2.42 bits per heavy atom. The van der Waals surface area contributed by atoms with Crippen LogP contribution in [0.2, 0.25) is 0 Å². The van der Waals surface area contributed by atoms with Crippen LogP contribution in [-0.2, 0) is 6.42 Å². The summed E-state index contributed by atoms with van der Waals surface area (Å²) in [4.78, 5) is 7.90. The van der Waals surface area contributed by atoms with Gasteiger partial charge in [0.1, 0.15) is 5.82 Å². The summed E-state index contributed by atoms with van der Waals surface area (Å²) in [5.74, 6) is 1.48. The normalized spacial score (nSPS) is 12.7. The lowest BCUT2D eigenvalue weighted by molar-refractivity contribution is 0.577. The molecule has 0 saturated heterocycles. The maximum absolute atomic E-state index is 5.66. The van der Waals surface area contributed by atoms with Crippen LogP contribution in [0.5, 0.6) is 0 Å². The molecular formula is C16H23N3. The lowest BCUT2D eigenvalue weighted by atomic mass is 9.98. The van der Waals surface area contributed by atoms with Crippen LogP contribution in [-0.4, -0.2) is 16.5 Å². The third-order valence-electron chi connectivity index (χ3n) is 3.52. The van der Waals surface area contributed by atoms with Crippen LogP contribution in [0.15, 0.2) is 18.3 Å². The van der Waals surface area contributed by atoms with Gasteiger partial charge in [-0.15, -0.1) is 0 Å². The Kier molecular flexibility index (Phi) is 4.05. The number of aromatic nitrogens is 2. The highest BCUT2D eigenvalue weighted by atomic mass is 14.9. The molecule has 102 valence electrons. The zero-order valence-electron chi connectivity index (χ0n) is 12.2. The van der Waals surface area contributed by atoms with Crippen LogP contribution in [0.25, 0.3) is 11.3 Å². The Labute approximate surface area is 115 Å². The molecule has 0 amide bonds. The number of benzene rings is 1. The monoisotopic (exact) mass is 257 g/mol. The van der Waals surface area contributed by atoms with Gasteiger partial charge >= 0.3 is 0 Å². The van der Waals surface area contributed by atoms with Crippen molar-refractivity contribution in [3.63, 3.8) is 0 Å². The fourth-order valence-corrected chi connectivity index (χ4v) is 2.61. The third-order valence-corrected chi connectivity index (χ3v) is 3.52. The second kappa shape index (κ2) is 5.57. The number of hydrogen-bond donors (Lipinski definition) is 2. The average Bonchev–Trinajstić information content (AvgIpc) is 2.75.